The lowest BCUT2D eigenvalue weighted by Crippen LogP contribution is -2.38. The summed E-state index contributed by atoms with van der Waals surface area (Å²) in [6.07, 6.45) is 17.6. The van der Waals surface area contributed by atoms with Crippen LogP contribution in [0.2, 0.25) is 0 Å². The Hall–Kier alpha value is -8.60. The molecule has 2 nitrogen and oxygen atoms in total. The predicted octanol–water partition coefficient (Wildman–Crippen LogP) is 16.7. The van der Waals surface area contributed by atoms with Gasteiger partial charge < -0.3 is 9.80 Å². The summed E-state index contributed by atoms with van der Waals surface area (Å²) in [5.41, 5.74) is 17.5. The first-order valence-electron chi connectivity index (χ1n) is 23.1. The van der Waals surface area contributed by atoms with Crippen LogP contribution in [0, 0.1) is 17.6 Å². The Balaban J connectivity index is 1.03. The molecule has 0 aliphatic heterocycles. The molecule has 4 aliphatic carbocycles. The van der Waals surface area contributed by atoms with Gasteiger partial charge in [0.25, 0.3) is 0 Å². The van der Waals surface area contributed by atoms with Crippen LogP contribution in [-0.2, 0) is 0 Å². The van der Waals surface area contributed by atoms with Gasteiger partial charge in [-0.2, -0.15) is 0 Å². The topological polar surface area (TPSA) is 6.48 Å². The minimum atomic E-state index is -0.381. The van der Waals surface area contributed by atoms with Crippen molar-refractivity contribution in [2.75, 3.05) is 9.80 Å². The van der Waals surface area contributed by atoms with Crippen molar-refractivity contribution in [3.63, 3.8) is 0 Å². The van der Waals surface area contributed by atoms with Crippen molar-refractivity contribution in [1.29, 1.82) is 0 Å². The van der Waals surface area contributed by atoms with Gasteiger partial charge >= 0.3 is 0 Å². The number of nitrogens with zero attached hydrogens (tertiary/aromatic N) is 2. The molecule has 2 atom stereocenters. The number of rotatable bonds is 10. The smallest absolute Gasteiger partial charge is 0.147 e. The maximum atomic E-state index is 16.6. The summed E-state index contributed by atoms with van der Waals surface area (Å²) < 4.78 is 33.2. The van der Waals surface area contributed by atoms with Gasteiger partial charge in [0.05, 0.1) is 28.8 Å². The molecule has 0 fully saturated rings. The fourth-order valence-electron chi connectivity index (χ4n) is 10.4. The number of anilines is 4. The Morgan fingerprint density at radius 2 is 0.897 bits per heavy atom. The summed E-state index contributed by atoms with van der Waals surface area (Å²) in [5, 5.41) is 0. The zero-order valence-corrected chi connectivity index (χ0v) is 37.1. The maximum absolute atomic E-state index is 16.6. The summed E-state index contributed by atoms with van der Waals surface area (Å²) in [5.74, 6) is -0.796. The second kappa shape index (κ2) is 17.3. The largest absolute Gasteiger partial charge is 0.327 e. The van der Waals surface area contributed by atoms with E-state index in [0.717, 1.165) is 89.4 Å². The van der Waals surface area contributed by atoms with E-state index in [9.17, 15) is 0 Å². The third-order valence-corrected chi connectivity index (χ3v) is 13.6. The normalized spacial score (nSPS) is 16.6. The number of hydrogen-bond acceptors (Lipinski definition) is 2. The lowest BCUT2D eigenvalue weighted by molar-refractivity contribution is 0.622. The molecule has 0 spiro atoms. The van der Waals surface area contributed by atoms with Gasteiger partial charge in [-0.3, -0.25) is 0 Å². The molecular weight excluding hydrogens is 835 g/mol. The number of para-hydroxylation sites is 2. The number of hydrogen-bond donors (Lipinski definition) is 0. The molecule has 0 saturated carbocycles. The van der Waals surface area contributed by atoms with E-state index in [1.54, 1.807) is 18.2 Å². The first kappa shape index (κ1) is 40.9. The number of benzene rings is 8. The van der Waals surface area contributed by atoms with Crippen molar-refractivity contribution in [2.24, 2.45) is 5.92 Å². The first-order chi connectivity index (χ1) is 33.6. The minimum absolute atomic E-state index is 0.169. The van der Waals surface area contributed by atoms with Crippen LogP contribution in [0.25, 0.3) is 44.5 Å². The molecule has 0 saturated heterocycles. The van der Waals surface area contributed by atoms with Gasteiger partial charge in [0.15, 0.2) is 0 Å². The quantitative estimate of drug-likeness (QED) is 0.135. The second-order valence-corrected chi connectivity index (χ2v) is 17.4. The molecule has 8 aromatic rings. The van der Waals surface area contributed by atoms with Crippen LogP contribution in [0.5, 0.6) is 0 Å². The molecule has 4 aliphatic rings. The third kappa shape index (κ3) is 7.19. The molecule has 68 heavy (non-hydrogen) atoms. The van der Waals surface area contributed by atoms with Gasteiger partial charge in [0, 0.05) is 22.7 Å². The van der Waals surface area contributed by atoms with E-state index in [4.69, 9.17) is 0 Å². The van der Waals surface area contributed by atoms with Crippen LogP contribution in [0.4, 0.5) is 31.5 Å². The average molecular weight is 879 g/mol. The highest BCUT2D eigenvalue weighted by Crippen LogP contribution is 2.53. The standard InChI is InChI=1S/C64H44F2N2/c65-55-25-13-15-27-61(55)67(59-39-33-49(43-17-5-1-6-18-43)41-53(59)45-21-9-3-10-22-45)57-37-31-47-30-36-52-58(38-32-48-29-35-51(57)63(47)64(48)52)68(62-28-16-14-26-56(62)66)60-40-34-50(44-19-7-2-8-20-44)42-54(60)46-23-11-4-12-24-46/h1-42,57,64H. The van der Waals surface area contributed by atoms with Crippen LogP contribution in [-0.4, -0.2) is 6.04 Å². The Morgan fingerprint density at radius 3 is 1.49 bits per heavy atom. The Kier molecular flexibility index (Phi) is 10.4. The van der Waals surface area contributed by atoms with Gasteiger partial charge in [0.2, 0.25) is 0 Å². The predicted molar refractivity (Wildman–Crippen MR) is 277 cm³/mol. The van der Waals surface area contributed by atoms with Gasteiger partial charge in [-0.05, 0) is 116 Å². The van der Waals surface area contributed by atoms with Crippen molar-refractivity contribution in [2.45, 2.75) is 6.04 Å². The number of allylic oxidation sites excluding steroid dienone is 10. The van der Waals surface area contributed by atoms with E-state index in [1.807, 2.05) is 60.7 Å². The Bertz CT molecular complexity index is 3470. The zero-order valence-electron chi connectivity index (χ0n) is 37.1. The fourth-order valence-corrected chi connectivity index (χ4v) is 10.4. The molecule has 8 aromatic carbocycles. The van der Waals surface area contributed by atoms with E-state index in [0.29, 0.717) is 11.4 Å². The van der Waals surface area contributed by atoms with Crippen LogP contribution in [0.3, 0.4) is 0 Å². The molecule has 0 N–H and O–H groups in total. The second-order valence-electron chi connectivity index (χ2n) is 17.4. The molecule has 0 bridgehead atoms. The first-order valence-corrected chi connectivity index (χ1v) is 23.1. The van der Waals surface area contributed by atoms with Gasteiger partial charge in [-0.25, -0.2) is 8.78 Å². The zero-order chi connectivity index (χ0) is 45.6. The molecule has 324 valence electrons. The van der Waals surface area contributed by atoms with E-state index in [1.165, 1.54) is 6.07 Å². The van der Waals surface area contributed by atoms with E-state index in [-0.39, 0.29) is 23.6 Å². The summed E-state index contributed by atoms with van der Waals surface area (Å²) in [7, 11) is 0. The average Bonchev–Trinajstić information content (AvgIpc) is 3.41. The third-order valence-electron chi connectivity index (χ3n) is 13.6. The van der Waals surface area contributed by atoms with Crippen LogP contribution in [0.1, 0.15) is 0 Å². The highest BCUT2D eigenvalue weighted by Gasteiger charge is 2.41. The highest BCUT2D eigenvalue weighted by molar-refractivity contribution is 5.91. The van der Waals surface area contributed by atoms with Gasteiger partial charge in [-0.1, -0.05) is 200 Å². The van der Waals surface area contributed by atoms with Crippen LogP contribution >= 0.6 is 0 Å². The van der Waals surface area contributed by atoms with Crippen molar-refractivity contribution in [3.8, 4) is 44.5 Å². The molecule has 0 amide bonds. The van der Waals surface area contributed by atoms with E-state index in [2.05, 4.69) is 180 Å². The van der Waals surface area contributed by atoms with Crippen molar-refractivity contribution in [1.82, 2.24) is 0 Å². The fraction of sp³-hybridized carbons (Fsp3) is 0.0312. The summed E-state index contributed by atoms with van der Waals surface area (Å²) in [6.45, 7) is 0. The van der Waals surface area contributed by atoms with Crippen molar-refractivity contribution < 1.29 is 8.78 Å². The molecule has 0 heterocycles. The molecular formula is C64H44F2N2. The Labute approximate surface area is 396 Å². The summed E-state index contributed by atoms with van der Waals surface area (Å²) >= 11 is 0. The van der Waals surface area contributed by atoms with Crippen LogP contribution < -0.4 is 9.80 Å². The monoisotopic (exact) mass is 878 g/mol. The summed E-state index contributed by atoms with van der Waals surface area (Å²) in [4.78, 5) is 4.27. The van der Waals surface area contributed by atoms with Gasteiger partial charge in [0.1, 0.15) is 11.6 Å². The lowest BCUT2D eigenvalue weighted by Gasteiger charge is -2.44. The molecule has 12 rings (SSSR count). The minimum Gasteiger partial charge on any atom is -0.327 e. The molecule has 0 aromatic heterocycles. The summed E-state index contributed by atoms with van der Waals surface area (Å²) in [6, 6.07) is 68.2. The van der Waals surface area contributed by atoms with E-state index < -0.39 is 0 Å². The van der Waals surface area contributed by atoms with E-state index >= 15 is 8.78 Å². The van der Waals surface area contributed by atoms with Crippen LogP contribution in [0.15, 0.2) is 288 Å². The number of halogens is 2. The Morgan fingerprint density at radius 1 is 0.382 bits per heavy atom. The molecule has 0 radical (unpaired) electrons. The van der Waals surface area contributed by atoms with Crippen molar-refractivity contribution >= 4 is 22.7 Å². The SMILES string of the molecule is Fc1ccccc1N(C1=C2C=CC3=C4C(=CC=C(C=C1)C24)C(N(c1ccccc1F)c1ccc(-c2ccccc2)cc1-c1ccccc1)C=C3)c1ccc(-c2ccccc2)cc1-c1ccccc1. The molecule has 2 unspecified atom stereocenters. The van der Waals surface area contributed by atoms with Crippen molar-refractivity contribution in [3.05, 3.63) is 300 Å². The highest BCUT2D eigenvalue weighted by atomic mass is 19.1. The van der Waals surface area contributed by atoms with Gasteiger partial charge in [-0.15, -0.1) is 0 Å². The lowest BCUT2D eigenvalue weighted by atomic mass is 9.67. The maximum Gasteiger partial charge on any atom is 0.147 e. The molecule has 4 heteroatoms.